The maximum absolute atomic E-state index is 14.2. The summed E-state index contributed by atoms with van der Waals surface area (Å²) in [4.78, 5) is 2.30. The van der Waals surface area contributed by atoms with E-state index in [1.165, 1.54) is 12.5 Å². The second-order valence-corrected chi connectivity index (χ2v) is 5.31. The molecule has 1 atom stereocenters. The summed E-state index contributed by atoms with van der Waals surface area (Å²) in [6.07, 6.45) is 1.18. The van der Waals surface area contributed by atoms with Gasteiger partial charge in [0.25, 0.3) is 0 Å². The zero-order valence-corrected chi connectivity index (χ0v) is 11.6. The number of halogens is 1. The second kappa shape index (κ2) is 6.67. The molecule has 2 rings (SSSR count). The predicted molar refractivity (Wildman–Crippen MR) is 76.2 cm³/mol. The number of hydrogen-bond donors (Lipinski definition) is 3. The summed E-state index contributed by atoms with van der Waals surface area (Å²) < 4.78 is 14.2. The first-order chi connectivity index (χ1) is 9.61. The smallest absolute Gasteiger partial charge is 0.173 e. The molecule has 1 aliphatic heterocycles. The van der Waals surface area contributed by atoms with Gasteiger partial charge >= 0.3 is 0 Å². The Morgan fingerprint density at radius 2 is 2.40 bits per heavy atom. The quantitative estimate of drug-likeness (QED) is 0.325. The normalized spacial score (nSPS) is 20.5. The highest BCUT2D eigenvalue weighted by Crippen LogP contribution is 2.15. The van der Waals surface area contributed by atoms with Crippen LogP contribution in [0.3, 0.4) is 0 Å². The molecule has 110 valence electrons. The van der Waals surface area contributed by atoms with E-state index in [-0.39, 0.29) is 11.4 Å². The van der Waals surface area contributed by atoms with Crippen molar-refractivity contribution in [1.82, 2.24) is 10.2 Å². The third-order valence-electron chi connectivity index (χ3n) is 3.70. The Morgan fingerprint density at radius 3 is 3.05 bits per heavy atom. The minimum atomic E-state index is -0.432. The molecule has 1 heterocycles. The summed E-state index contributed by atoms with van der Waals surface area (Å²) in [5.74, 6) is -0.0177. The molecule has 1 aliphatic rings. The number of nitrogens with one attached hydrogen (secondary N) is 1. The van der Waals surface area contributed by atoms with Crippen LogP contribution in [0.15, 0.2) is 23.4 Å². The Kier molecular flexibility index (Phi) is 4.92. The highest BCUT2D eigenvalue weighted by atomic mass is 19.1. The first-order valence-corrected chi connectivity index (χ1v) is 6.76. The first kappa shape index (κ1) is 14.7. The van der Waals surface area contributed by atoms with Crippen molar-refractivity contribution in [2.45, 2.75) is 13.0 Å². The molecule has 0 bridgehead atoms. The number of hydrogen-bond acceptors (Lipinski definition) is 4. The highest BCUT2D eigenvalue weighted by molar-refractivity contribution is 5.97. The van der Waals surface area contributed by atoms with Crippen LogP contribution in [-0.4, -0.2) is 42.6 Å². The van der Waals surface area contributed by atoms with Gasteiger partial charge in [-0.3, -0.25) is 0 Å². The fourth-order valence-corrected chi connectivity index (χ4v) is 2.57. The molecule has 0 aliphatic carbocycles. The Labute approximate surface area is 118 Å². The van der Waals surface area contributed by atoms with Gasteiger partial charge in [-0.1, -0.05) is 17.3 Å². The highest BCUT2D eigenvalue weighted by Gasteiger charge is 2.19. The summed E-state index contributed by atoms with van der Waals surface area (Å²) in [7, 11) is 2.11. The summed E-state index contributed by atoms with van der Waals surface area (Å²) in [6.45, 7) is 3.52. The number of likely N-dealkylation sites (tertiary alicyclic amines) is 1. The van der Waals surface area contributed by atoms with Gasteiger partial charge in [-0.15, -0.1) is 0 Å². The summed E-state index contributed by atoms with van der Waals surface area (Å²) >= 11 is 0. The van der Waals surface area contributed by atoms with Crippen molar-refractivity contribution in [1.29, 1.82) is 0 Å². The van der Waals surface area contributed by atoms with Crippen LogP contribution in [0.1, 0.15) is 17.5 Å². The van der Waals surface area contributed by atoms with Gasteiger partial charge < -0.3 is 21.2 Å². The summed E-state index contributed by atoms with van der Waals surface area (Å²) in [5, 5.41) is 14.7. The van der Waals surface area contributed by atoms with Gasteiger partial charge in [0, 0.05) is 18.7 Å². The first-order valence-electron chi connectivity index (χ1n) is 6.76. The fourth-order valence-electron chi connectivity index (χ4n) is 2.57. The van der Waals surface area contributed by atoms with Crippen molar-refractivity contribution >= 4 is 5.84 Å². The zero-order chi connectivity index (χ0) is 14.5. The number of amidine groups is 1. The number of rotatable bonds is 5. The molecule has 20 heavy (non-hydrogen) atoms. The van der Waals surface area contributed by atoms with Gasteiger partial charge in [-0.2, -0.15) is 0 Å². The molecule has 0 radical (unpaired) electrons. The molecular formula is C14H21FN4O. The number of benzene rings is 1. The van der Waals surface area contributed by atoms with E-state index in [1.54, 1.807) is 12.1 Å². The Hall–Kier alpha value is -1.66. The molecule has 0 saturated carbocycles. The molecule has 1 aromatic carbocycles. The predicted octanol–water partition coefficient (Wildman–Crippen LogP) is 0.962. The largest absolute Gasteiger partial charge is 0.409 e. The van der Waals surface area contributed by atoms with Crippen LogP contribution < -0.4 is 11.1 Å². The lowest BCUT2D eigenvalue weighted by atomic mass is 10.1. The van der Waals surface area contributed by atoms with E-state index in [4.69, 9.17) is 10.9 Å². The van der Waals surface area contributed by atoms with E-state index >= 15 is 0 Å². The van der Waals surface area contributed by atoms with Crippen molar-refractivity contribution in [2.75, 3.05) is 26.7 Å². The van der Waals surface area contributed by atoms with Gasteiger partial charge in [0.2, 0.25) is 0 Å². The zero-order valence-electron chi connectivity index (χ0n) is 11.6. The molecule has 1 saturated heterocycles. The molecule has 5 nitrogen and oxygen atoms in total. The minimum absolute atomic E-state index is 0.132. The number of oxime groups is 1. The van der Waals surface area contributed by atoms with Crippen LogP contribution in [0, 0.1) is 11.7 Å². The van der Waals surface area contributed by atoms with Crippen molar-refractivity contribution in [3.8, 4) is 0 Å². The number of nitrogens with two attached hydrogens (primary N) is 1. The molecule has 0 amide bonds. The van der Waals surface area contributed by atoms with Gasteiger partial charge in [0.05, 0.1) is 5.56 Å². The van der Waals surface area contributed by atoms with E-state index in [0.29, 0.717) is 18.0 Å². The monoisotopic (exact) mass is 280 g/mol. The van der Waals surface area contributed by atoms with Crippen LogP contribution in [-0.2, 0) is 6.54 Å². The molecule has 0 spiro atoms. The van der Waals surface area contributed by atoms with Crippen LogP contribution in [0.2, 0.25) is 0 Å². The summed E-state index contributed by atoms with van der Waals surface area (Å²) in [5.41, 5.74) is 6.10. The van der Waals surface area contributed by atoms with Crippen molar-refractivity contribution < 1.29 is 9.60 Å². The summed E-state index contributed by atoms with van der Waals surface area (Å²) in [6, 6.07) is 4.91. The molecule has 1 unspecified atom stereocenters. The maximum Gasteiger partial charge on any atom is 0.173 e. The van der Waals surface area contributed by atoms with E-state index in [9.17, 15) is 4.39 Å². The minimum Gasteiger partial charge on any atom is -0.409 e. The van der Waals surface area contributed by atoms with Crippen molar-refractivity contribution in [3.05, 3.63) is 35.1 Å². The average molecular weight is 280 g/mol. The van der Waals surface area contributed by atoms with Crippen LogP contribution in [0.4, 0.5) is 4.39 Å². The SMILES string of the molecule is CN1CCC(CNCc2cccc(/C(N)=N/O)c2F)C1. The van der Waals surface area contributed by atoms with Gasteiger partial charge in [-0.05, 0) is 38.5 Å². The van der Waals surface area contributed by atoms with Crippen LogP contribution in [0.5, 0.6) is 0 Å². The van der Waals surface area contributed by atoms with Crippen molar-refractivity contribution in [3.63, 3.8) is 0 Å². The average Bonchev–Trinajstić information content (AvgIpc) is 2.85. The molecule has 0 aromatic heterocycles. The molecule has 6 heteroatoms. The van der Waals surface area contributed by atoms with Crippen LogP contribution in [0.25, 0.3) is 0 Å². The lowest BCUT2D eigenvalue weighted by Crippen LogP contribution is -2.25. The van der Waals surface area contributed by atoms with E-state index in [1.807, 2.05) is 0 Å². The third kappa shape index (κ3) is 3.46. The van der Waals surface area contributed by atoms with E-state index in [0.717, 1.165) is 19.6 Å². The molecule has 1 fully saturated rings. The van der Waals surface area contributed by atoms with E-state index in [2.05, 4.69) is 22.4 Å². The molecule has 1 aromatic rings. The Bertz CT molecular complexity index is 492. The van der Waals surface area contributed by atoms with E-state index < -0.39 is 5.82 Å². The van der Waals surface area contributed by atoms with Gasteiger partial charge in [-0.25, -0.2) is 4.39 Å². The third-order valence-corrected chi connectivity index (χ3v) is 3.70. The fraction of sp³-hybridized carbons (Fsp3) is 0.500. The van der Waals surface area contributed by atoms with Crippen molar-refractivity contribution in [2.24, 2.45) is 16.8 Å². The Morgan fingerprint density at radius 1 is 1.60 bits per heavy atom. The molecular weight excluding hydrogens is 259 g/mol. The second-order valence-electron chi connectivity index (χ2n) is 5.31. The van der Waals surface area contributed by atoms with Gasteiger partial charge in [0.15, 0.2) is 5.84 Å². The van der Waals surface area contributed by atoms with Crippen LogP contribution >= 0.6 is 0 Å². The molecule has 4 N–H and O–H groups in total. The topological polar surface area (TPSA) is 73.9 Å². The number of nitrogens with zero attached hydrogens (tertiary/aromatic N) is 2. The lowest BCUT2D eigenvalue weighted by Gasteiger charge is -2.13. The lowest BCUT2D eigenvalue weighted by molar-refractivity contribution is 0.318. The standard InChI is InChI=1S/C14H21FN4O/c1-19-6-5-10(9-19)7-17-8-11-3-2-4-12(13(11)15)14(16)18-20/h2-4,10,17,20H,5-9H2,1H3,(H2,16,18). The maximum atomic E-state index is 14.2. The van der Waals surface area contributed by atoms with Gasteiger partial charge in [0.1, 0.15) is 5.82 Å². The Balaban J connectivity index is 1.93.